The minimum absolute atomic E-state index is 0.0751. The van der Waals surface area contributed by atoms with Gasteiger partial charge in [0.2, 0.25) is 0 Å². The molecule has 9 heteroatoms. The molecule has 1 aliphatic rings. The van der Waals surface area contributed by atoms with Crippen LogP contribution in [-0.2, 0) is 24.7 Å². The number of rotatable bonds is 9. The quantitative estimate of drug-likeness (QED) is 0.357. The number of halogens is 3. The average Bonchev–Trinajstić information content (AvgIpc) is 2.90. The van der Waals surface area contributed by atoms with Crippen molar-refractivity contribution >= 4 is 11.9 Å². The monoisotopic (exact) mass is 544 g/mol. The van der Waals surface area contributed by atoms with Crippen LogP contribution in [0, 0.1) is 16.7 Å². The van der Waals surface area contributed by atoms with E-state index in [0.29, 0.717) is 0 Å². The number of likely N-dealkylation sites (tertiary alicyclic amines) is 1. The van der Waals surface area contributed by atoms with Crippen molar-refractivity contribution in [1.29, 1.82) is 5.26 Å². The fraction of sp³-hybridized carbons (Fsp3) is 0.500. The molecule has 210 valence electrons. The highest BCUT2D eigenvalue weighted by Gasteiger charge is 2.64. The Hall–Kier alpha value is -3.38. The number of nitrogens with zero attached hydrogens (tertiary/aromatic N) is 2. The highest BCUT2D eigenvalue weighted by molar-refractivity contribution is 5.88. The van der Waals surface area contributed by atoms with Crippen molar-refractivity contribution in [2.75, 3.05) is 26.8 Å². The van der Waals surface area contributed by atoms with Gasteiger partial charge in [-0.15, -0.1) is 0 Å². The van der Waals surface area contributed by atoms with Crippen molar-refractivity contribution in [3.63, 3.8) is 0 Å². The largest absolute Gasteiger partial charge is 0.466 e. The molecule has 2 aromatic carbocycles. The molecule has 1 amide bonds. The van der Waals surface area contributed by atoms with Crippen molar-refractivity contribution in [1.82, 2.24) is 4.90 Å². The van der Waals surface area contributed by atoms with Crippen LogP contribution in [0.2, 0.25) is 0 Å². The lowest BCUT2D eigenvalue weighted by molar-refractivity contribution is -0.271. The number of hydrogen-bond donors (Lipinski definition) is 0. The van der Waals surface area contributed by atoms with E-state index < -0.39 is 35.0 Å². The van der Waals surface area contributed by atoms with E-state index in [1.807, 2.05) is 38.1 Å². The third-order valence-electron chi connectivity index (χ3n) is 7.71. The Morgan fingerprint density at radius 2 is 1.59 bits per heavy atom. The molecule has 1 unspecified atom stereocenters. The zero-order chi connectivity index (χ0) is 28.8. The number of hydrogen-bond acceptors (Lipinski definition) is 5. The van der Waals surface area contributed by atoms with Crippen LogP contribution in [-0.4, -0.2) is 49.8 Å². The van der Waals surface area contributed by atoms with Crippen LogP contribution in [0.25, 0.3) is 0 Å². The Bertz CT molecular complexity index is 1180. The van der Waals surface area contributed by atoms with E-state index >= 15 is 0 Å². The first-order chi connectivity index (χ1) is 18.5. The maximum absolute atomic E-state index is 14.5. The van der Waals surface area contributed by atoms with Gasteiger partial charge < -0.3 is 14.4 Å². The molecule has 2 atom stereocenters. The summed E-state index contributed by atoms with van der Waals surface area (Å²) in [5, 5.41) is 10.4. The van der Waals surface area contributed by atoms with Gasteiger partial charge in [0.25, 0.3) is 11.5 Å². The molecule has 0 bridgehead atoms. The molecule has 0 N–H and O–H groups in total. The molecular formula is C30H35F3N2O4. The Balaban J connectivity index is 2.01. The summed E-state index contributed by atoms with van der Waals surface area (Å²) in [4.78, 5) is 27.5. The Labute approximate surface area is 227 Å². The van der Waals surface area contributed by atoms with Crippen LogP contribution in [0.3, 0.4) is 0 Å². The first-order valence-corrected chi connectivity index (χ1v) is 13.1. The summed E-state index contributed by atoms with van der Waals surface area (Å²) in [6.45, 7) is 5.73. The van der Waals surface area contributed by atoms with Gasteiger partial charge in [-0.2, -0.15) is 18.4 Å². The maximum atomic E-state index is 14.5. The van der Waals surface area contributed by atoms with E-state index in [-0.39, 0.29) is 50.4 Å². The average molecular weight is 545 g/mol. The highest BCUT2D eigenvalue weighted by atomic mass is 19.4. The lowest BCUT2D eigenvalue weighted by Gasteiger charge is -2.46. The number of methoxy groups -OCH3 is 1. The SMILES string of the molecule is CCOC(=O)CC1(C(C#N)c2ccccc2C(C)C)CCN(C(=O)[C@](OC)(c2ccccc2)C(F)(F)F)CC1. The third kappa shape index (κ3) is 5.81. The maximum Gasteiger partial charge on any atom is 0.430 e. The second kappa shape index (κ2) is 12.2. The second-order valence-electron chi connectivity index (χ2n) is 10.2. The lowest BCUT2D eigenvalue weighted by Crippen LogP contribution is -2.59. The predicted octanol–water partition coefficient (Wildman–Crippen LogP) is 6.08. The molecule has 1 fully saturated rings. The molecule has 0 aromatic heterocycles. The predicted molar refractivity (Wildman–Crippen MR) is 140 cm³/mol. The molecule has 39 heavy (non-hydrogen) atoms. The van der Waals surface area contributed by atoms with E-state index in [0.717, 1.165) is 23.1 Å². The molecule has 3 rings (SSSR count). The standard InChI is InChI=1S/C30H35F3N2O4/c1-5-39-26(36)19-28(25(20-34)24-14-10-9-13-23(24)21(2)3)15-17-35(18-16-28)27(37)29(38-4,30(31,32)33)22-11-7-6-8-12-22/h6-14,21,25H,5,15-19H2,1-4H3/t25?,29-/m1/s1. The minimum atomic E-state index is -5.02. The van der Waals surface area contributed by atoms with Crippen molar-refractivity contribution in [2.45, 2.75) is 63.6 Å². The number of carbonyl (C=O) groups excluding carboxylic acids is 2. The summed E-state index contributed by atoms with van der Waals surface area (Å²) in [6.07, 6.45) is -4.81. The van der Waals surface area contributed by atoms with Crippen LogP contribution >= 0.6 is 0 Å². The summed E-state index contributed by atoms with van der Waals surface area (Å²) in [5.41, 5.74) is -2.66. The van der Waals surface area contributed by atoms with Gasteiger partial charge in [0, 0.05) is 31.2 Å². The molecule has 0 spiro atoms. The molecule has 0 radical (unpaired) electrons. The second-order valence-corrected chi connectivity index (χ2v) is 10.2. The molecule has 2 aromatic rings. The Morgan fingerprint density at radius 3 is 2.08 bits per heavy atom. The number of piperidine rings is 1. The third-order valence-corrected chi connectivity index (χ3v) is 7.71. The lowest BCUT2D eigenvalue weighted by atomic mass is 9.63. The smallest absolute Gasteiger partial charge is 0.430 e. The van der Waals surface area contributed by atoms with Crippen molar-refractivity contribution in [3.8, 4) is 6.07 Å². The molecule has 0 saturated carbocycles. The van der Waals surface area contributed by atoms with E-state index in [4.69, 9.17) is 9.47 Å². The van der Waals surface area contributed by atoms with Crippen molar-refractivity contribution in [3.05, 3.63) is 71.3 Å². The summed E-state index contributed by atoms with van der Waals surface area (Å²) in [7, 11) is 0.877. The number of amides is 1. The molecule has 1 saturated heterocycles. The van der Waals surface area contributed by atoms with E-state index in [1.165, 1.54) is 24.3 Å². The fourth-order valence-corrected chi connectivity index (χ4v) is 5.68. The first-order valence-electron chi connectivity index (χ1n) is 13.1. The van der Waals surface area contributed by atoms with Crippen molar-refractivity contribution in [2.24, 2.45) is 5.41 Å². The number of alkyl halides is 3. The normalized spacial score (nSPS) is 17.7. The topological polar surface area (TPSA) is 79.6 Å². The van der Waals surface area contributed by atoms with E-state index in [9.17, 15) is 28.0 Å². The molecule has 6 nitrogen and oxygen atoms in total. The Kier molecular flexibility index (Phi) is 9.44. The van der Waals surface area contributed by atoms with Crippen molar-refractivity contribution < 1.29 is 32.2 Å². The van der Waals surface area contributed by atoms with Gasteiger partial charge in [-0.3, -0.25) is 9.59 Å². The zero-order valence-electron chi connectivity index (χ0n) is 22.8. The van der Waals surface area contributed by atoms with Crippen LogP contribution in [0.5, 0.6) is 0 Å². The summed E-state index contributed by atoms with van der Waals surface area (Å²) >= 11 is 0. The zero-order valence-corrected chi connectivity index (χ0v) is 22.8. The number of ether oxygens (including phenoxy) is 2. The van der Waals surface area contributed by atoms with Gasteiger partial charge >= 0.3 is 12.1 Å². The van der Waals surface area contributed by atoms with Crippen LogP contribution in [0.4, 0.5) is 13.2 Å². The minimum Gasteiger partial charge on any atom is -0.466 e. The van der Waals surface area contributed by atoms with Gasteiger partial charge in [0.05, 0.1) is 25.0 Å². The summed E-state index contributed by atoms with van der Waals surface area (Å²) in [5.74, 6) is -2.31. The van der Waals surface area contributed by atoms with Gasteiger partial charge in [-0.25, -0.2) is 0 Å². The van der Waals surface area contributed by atoms with Crippen LogP contribution in [0.15, 0.2) is 54.6 Å². The summed E-state index contributed by atoms with van der Waals surface area (Å²) < 4.78 is 53.8. The highest BCUT2D eigenvalue weighted by Crippen LogP contribution is 2.50. The Morgan fingerprint density at radius 1 is 1.03 bits per heavy atom. The van der Waals surface area contributed by atoms with E-state index in [1.54, 1.807) is 13.0 Å². The van der Waals surface area contributed by atoms with Crippen LogP contribution in [0.1, 0.15) is 68.6 Å². The van der Waals surface area contributed by atoms with Gasteiger partial charge in [-0.05, 0) is 36.8 Å². The molecule has 0 aliphatic carbocycles. The van der Waals surface area contributed by atoms with Gasteiger partial charge in [0.1, 0.15) is 0 Å². The summed E-state index contributed by atoms with van der Waals surface area (Å²) in [6, 6.07) is 16.8. The van der Waals surface area contributed by atoms with Gasteiger partial charge in [-0.1, -0.05) is 68.4 Å². The van der Waals surface area contributed by atoms with Gasteiger partial charge in [0.15, 0.2) is 0 Å². The number of esters is 1. The first kappa shape index (κ1) is 30.2. The molecular weight excluding hydrogens is 509 g/mol. The number of nitriles is 1. The molecule has 1 aliphatic heterocycles. The molecule has 1 heterocycles. The fourth-order valence-electron chi connectivity index (χ4n) is 5.68. The number of carbonyl (C=O) groups is 2. The van der Waals surface area contributed by atoms with Crippen LogP contribution < -0.4 is 0 Å². The number of benzene rings is 2. The van der Waals surface area contributed by atoms with E-state index in [2.05, 4.69) is 6.07 Å².